The van der Waals surface area contributed by atoms with Crippen LogP contribution in [0.25, 0.3) is 10.7 Å². The Bertz CT molecular complexity index is 524. The van der Waals surface area contributed by atoms with Crippen LogP contribution in [0.15, 0.2) is 18.3 Å². The molecule has 0 saturated heterocycles. The summed E-state index contributed by atoms with van der Waals surface area (Å²) >= 11 is 7.42. The predicted octanol–water partition coefficient (Wildman–Crippen LogP) is 3.43. The maximum absolute atomic E-state index is 5.82. The van der Waals surface area contributed by atoms with Crippen LogP contribution in [-0.2, 0) is 6.42 Å². The molecule has 0 bridgehead atoms. The molecule has 0 fully saturated rings. The second-order valence-corrected chi connectivity index (χ2v) is 6.56. The number of pyridine rings is 1. The Labute approximate surface area is 128 Å². The third-order valence-corrected chi connectivity index (χ3v) is 3.94. The van der Waals surface area contributed by atoms with Crippen molar-refractivity contribution in [3.63, 3.8) is 0 Å². The Morgan fingerprint density at radius 3 is 2.85 bits per heavy atom. The van der Waals surface area contributed by atoms with Crippen molar-refractivity contribution >= 4 is 22.9 Å². The summed E-state index contributed by atoms with van der Waals surface area (Å²) in [5.74, 6) is 0.694. The average Bonchev–Trinajstić information content (AvgIpc) is 2.87. The summed E-state index contributed by atoms with van der Waals surface area (Å²) in [6, 6.07) is 3.69. The van der Waals surface area contributed by atoms with E-state index in [1.165, 1.54) is 0 Å². The minimum Gasteiger partial charge on any atom is -0.316 e. The Hall–Kier alpha value is -1.04. The summed E-state index contributed by atoms with van der Waals surface area (Å²) in [7, 11) is 0. The molecule has 0 aliphatic heterocycles. The first kappa shape index (κ1) is 15.4. The van der Waals surface area contributed by atoms with Gasteiger partial charge in [-0.1, -0.05) is 36.8 Å². The number of nitrogens with zero attached hydrogens (tertiary/aromatic N) is 3. The van der Waals surface area contributed by atoms with Crippen molar-refractivity contribution in [2.24, 2.45) is 5.92 Å². The van der Waals surface area contributed by atoms with Crippen LogP contribution in [0.4, 0.5) is 0 Å². The van der Waals surface area contributed by atoms with Gasteiger partial charge >= 0.3 is 0 Å². The number of halogens is 1. The predicted molar refractivity (Wildman–Crippen MR) is 84.2 cm³/mol. The molecule has 1 N–H and O–H groups in total. The first-order valence-corrected chi connectivity index (χ1v) is 7.99. The molecule has 20 heavy (non-hydrogen) atoms. The van der Waals surface area contributed by atoms with Crippen molar-refractivity contribution in [2.45, 2.75) is 26.7 Å². The van der Waals surface area contributed by atoms with E-state index in [9.17, 15) is 0 Å². The molecule has 0 aliphatic rings. The Morgan fingerprint density at radius 1 is 1.30 bits per heavy atom. The molecule has 2 rings (SSSR count). The Kier molecular flexibility index (Phi) is 5.88. The van der Waals surface area contributed by atoms with Crippen molar-refractivity contribution in [3.05, 3.63) is 28.4 Å². The van der Waals surface area contributed by atoms with Crippen molar-refractivity contribution in [1.29, 1.82) is 0 Å². The van der Waals surface area contributed by atoms with E-state index in [1.54, 1.807) is 17.5 Å². The minimum absolute atomic E-state index is 0.634. The number of aromatic nitrogens is 3. The van der Waals surface area contributed by atoms with Gasteiger partial charge in [0, 0.05) is 12.6 Å². The van der Waals surface area contributed by atoms with Crippen LogP contribution in [0.5, 0.6) is 0 Å². The fourth-order valence-corrected chi connectivity index (χ4v) is 2.69. The van der Waals surface area contributed by atoms with Crippen LogP contribution in [0.2, 0.25) is 5.02 Å². The lowest BCUT2D eigenvalue weighted by atomic mass is 10.2. The lowest BCUT2D eigenvalue weighted by Crippen LogP contribution is -2.21. The van der Waals surface area contributed by atoms with Crippen LogP contribution in [0.3, 0.4) is 0 Å². The van der Waals surface area contributed by atoms with Gasteiger partial charge in [-0.15, -0.1) is 10.2 Å². The second-order valence-electron chi connectivity index (χ2n) is 5.06. The largest absolute Gasteiger partial charge is 0.316 e. The lowest BCUT2D eigenvalue weighted by molar-refractivity contribution is 0.542. The number of nitrogens with one attached hydrogen (secondary N) is 1. The fraction of sp³-hybridized carbons (Fsp3) is 0.500. The second kappa shape index (κ2) is 7.67. The maximum atomic E-state index is 5.82. The molecule has 0 saturated carbocycles. The van der Waals surface area contributed by atoms with E-state index < -0.39 is 0 Å². The summed E-state index contributed by atoms with van der Waals surface area (Å²) in [4.78, 5) is 4.25. The zero-order valence-corrected chi connectivity index (χ0v) is 13.3. The van der Waals surface area contributed by atoms with Crippen LogP contribution in [0.1, 0.15) is 25.3 Å². The van der Waals surface area contributed by atoms with Gasteiger partial charge in [-0.3, -0.25) is 4.98 Å². The third-order valence-electron chi connectivity index (χ3n) is 2.71. The lowest BCUT2D eigenvalue weighted by Gasteiger charge is -2.05. The SMILES string of the molecule is CC(C)CNCCCc1nnc(-c2ccc(Cl)cn2)s1. The zero-order chi connectivity index (χ0) is 14.4. The molecule has 0 spiro atoms. The molecule has 2 aromatic heterocycles. The van der Waals surface area contributed by atoms with Gasteiger partial charge in [0.25, 0.3) is 0 Å². The molecule has 2 aromatic rings. The van der Waals surface area contributed by atoms with Crippen LogP contribution >= 0.6 is 22.9 Å². The normalized spacial score (nSPS) is 11.2. The molecule has 0 unspecified atom stereocenters. The van der Waals surface area contributed by atoms with Gasteiger partial charge in [0.1, 0.15) is 10.7 Å². The number of rotatable bonds is 7. The van der Waals surface area contributed by atoms with Gasteiger partial charge in [-0.25, -0.2) is 0 Å². The standard InChI is InChI=1S/C14H19ClN4S/c1-10(2)8-16-7-3-4-13-18-19-14(20-13)12-6-5-11(15)9-17-12/h5-6,9-10,16H,3-4,7-8H2,1-2H3. The molecule has 4 nitrogen and oxygen atoms in total. The summed E-state index contributed by atoms with van der Waals surface area (Å²) in [5.41, 5.74) is 0.830. The average molecular weight is 311 g/mol. The van der Waals surface area contributed by atoms with Gasteiger partial charge in [-0.2, -0.15) is 0 Å². The number of hydrogen-bond donors (Lipinski definition) is 1. The molecule has 0 aliphatic carbocycles. The van der Waals surface area contributed by atoms with E-state index in [0.29, 0.717) is 10.9 Å². The molecular formula is C14H19ClN4S. The number of hydrogen-bond acceptors (Lipinski definition) is 5. The minimum atomic E-state index is 0.634. The highest BCUT2D eigenvalue weighted by Crippen LogP contribution is 2.23. The van der Waals surface area contributed by atoms with E-state index in [2.05, 4.69) is 34.3 Å². The molecule has 108 valence electrons. The van der Waals surface area contributed by atoms with Crippen molar-refractivity contribution in [2.75, 3.05) is 13.1 Å². The monoisotopic (exact) mass is 310 g/mol. The molecular weight excluding hydrogens is 292 g/mol. The first-order valence-electron chi connectivity index (χ1n) is 6.80. The highest BCUT2D eigenvalue weighted by molar-refractivity contribution is 7.14. The smallest absolute Gasteiger partial charge is 0.166 e. The quantitative estimate of drug-likeness (QED) is 0.796. The molecule has 0 amide bonds. The van der Waals surface area contributed by atoms with Gasteiger partial charge in [0.15, 0.2) is 5.01 Å². The highest BCUT2D eigenvalue weighted by atomic mass is 35.5. The maximum Gasteiger partial charge on any atom is 0.166 e. The highest BCUT2D eigenvalue weighted by Gasteiger charge is 2.07. The Balaban J connectivity index is 1.82. The van der Waals surface area contributed by atoms with Gasteiger partial charge < -0.3 is 5.32 Å². The third kappa shape index (κ3) is 4.81. The Morgan fingerprint density at radius 2 is 2.15 bits per heavy atom. The molecule has 0 aromatic carbocycles. The van der Waals surface area contributed by atoms with E-state index in [4.69, 9.17) is 11.6 Å². The van der Waals surface area contributed by atoms with Crippen molar-refractivity contribution < 1.29 is 0 Å². The molecule has 0 radical (unpaired) electrons. The topological polar surface area (TPSA) is 50.7 Å². The molecule has 0 atom stereocenters. The van der Waals surface area contributed by atoms with Gasteiger partial charge in [-0.05, 0) is 37.6 Å². The fourth-order valence-electron chi connectivity index (χ4n) is 1.72. The van der Waals surface area contributed by atoms with Crippen molar-refractivity contribution in [1.82, 2.24) is 20.5 Å². The summed E-state index contributed by atoms with van der Waals surface area (Å²) in [6.07, 6.45) is 3.67. The zero-order valence-electron chi connectivity index (χ0n) is 11.8. The van der Waals surface area contributed by atoms with Crippen LogP contribution in [-0.4, -0.2) is 28.3 Å². The summed E-state index contributed by atoms with van der Waals surface area (Å²) < 4.78 is 0. The molecule has 2 heterocycles. The van der Waals surface area contributed by atoms with Crippen LogP contribution < -0.4 is 5.32 Å². The molecule has 6 heteroatoms. The van der Waals surface area contributed by atoms with E-state index in [0.717, 1.165) is 41.6 Å². The summed E-state index contributed by atoms with van der Waals surface area (Å²) in [6.45, 7) is 6.51. The van der Waals surface area contributed by atoms with E-state index >= 15 is 0 Å². The van der Waals surface area contributed by atoms with Crippen molar-refractivity contribution in [3.8, 4) is 10.7 Å². The van der Waals surface area contributed by atoms with E-state index in [1.807, 2.05) is 12.1 Å². The van der Waals surface area contributed by atoms with Gasteiger partial charge in [0.2, 0.25) is 0 Å². The first-order chi connectivity index (χ1) is 9.65. The summed E-state index contributed by atoms with van der Waals surface area (Å²) in [5, 5.41) is 14.4. The van der Waals surface area contributed by atoms with Crippen LogP contribution in [0, 0.1) is 5.92 Å². The number of aryl methyl sites for hydroxylation is 1. The van der Waals surface area contributed by atoms with E-state index in [-0.39, 0.29) is 0 Å². The van der Waals surface area contributed by atoms with Gasteiger partial charge in [0.05, 0.1) is 5.02 Å².